The molecule has 0 spiro atoms. The second-order valence-corrected chi connectivity index (χ2v) is 11.1. The number of ketones is 1. The molecular weight excluding hydrogens is 488 g/mol. The number of rotatable bonds is 5. The van der Waals surface area contributed by atoms with Crippen LogP contribution in [0.2, 0.25) is 0 Å². The van der Waals surface area contributed by atoms with Gasteiger partial charge in [0.05, 0.1) is 6.07 Å². The van der Waals surface area contributed by atoms with Crippen LogP contribution in [0, 0.1) is 28.1 Å². The van der Waals surface area contributed by atoms with E-state index < -0.39 is 11.8 Å². The summed E-state index contributed by atoms with van der Waals surface area (Å²) in [6.07, 6.45) is 1.84. The molecule has 2 aliphatic rings. The summed E-state index contributed by atoms with van der Waals surface area (Å²) in [5.74, 6) is 0.0281. The van der Waals surface area contributed by atoms with Crippen LogP contribution in [0.25, 0.3) is 0 Å². The summed E-state index contributed by atoms with van der Waals surface area (Å²) in [7, 11) is 0. The third kappa shape index (κ3) is 4.39. The number of nitrogens with one attached hydrogen (secondary N) is 1. The number of allylic oxidation sites excluding steroid dienone is 2. The standard InChI is InChI=1S/C25H25BrN2O3S/c1-4-20-14(13-30-16-7-5-15(26)6-8-16)9-21(32-20)22-17(12-27)24(28)31-19-11-25(2,3)10-18(29)23(19)22/h5-9,17,22,28H,4,10-11,13H2,1-3H3. The van der Waals surface area contributed by atoms with Gasteiger partial charge >= 0.3 is 0 Å². The first-order valence-corrected chi connectivity index (χ1v) is 12.3. The van der Waals surface area contributed by atoms with Gasteiger partial charge in [-0.1, -0.05) is 36.7 Å². The Morgan fingerprint density at radius 3 is 2.69 bits per heavy atom. The molecule has 166 valence electrons. The minimum Gasteiger partial charge on any atom is -0.489 e. The molecular formula is C25H25BrN2O3S. The maximum Gasteiger partial charge on any atom is 0.205 e. The Morgan fingerprint density at radius 2 is 2.03 bits per heavy atom. The van der Waals surface area contributed by atoms with Gasteiger partial charge in [-0.05, 0) is 42.2 Å². The van der Waals surface area contributed by atoms with Crippen molar-refractivity contribution < 1.29 is 14.3 Å². The van der Waals surface area contributed by atoms with Crippen LogP contribution in [0.3, 0.4) is 0 Å². The van der Waals surface area contributed by atoms with Crippen LogP contribution in [0.15, 0.2) is 46.1 Å². The van der Waals surface area contributed by atoms with Crippen LogP contribution in [-0.4, -0.2) is 11.7 Å². The average molecular weight is 513 g/mol. The monoisotopic (exact) mass is 512 g/mol. The lowest BCUT2D eigenvalue weighted by molar-refractivity contribution is -0.119. The molecule has 1 aliphatic carbocycles. The summed E-state index contributed by atoms with van der Waals surface area (Å²) in [5.41, 5.74) is 1.42. The highest BCUT2D eigenvalue weighted by atomic mass is 79.9. The number of carbonyl (C=O) groups excluding carboxylic acids is 1. The van der Waals surface area contributed by atoms with Gasteiger partial charge in [0.2, 0.25) is 5.90 Å². The lowest BCUT2D eigenvalue weighted by Crippen LogP contribution is -2.38. The molecule has 0 bridgehead atoms. The van der Waals surface area contributed by atoms with E-state index in [1.54, 1.807) is 11.3 Å². The van der Waals surface area contributed by atoms with E-state index in [9.17, 15) is 10.1 Å². The van der Waals surface area contributed by atoms with Gasteiger partial charge in [0.25, 0.3) is 0 Å². The minimum absolute atomic E-state index is 0.0214. The smallest absolute Gasteiger partial charge is 0.205 e. The van der Waals surface area contributed by atoms with Gasteiger partial charge in [-0.15, -0.1) is 11.3 Å². The van der Waals surface area contributed by atoms with E-state index in [4.69, 9.17) is 14.9 Å². The molecule has 0 radical (unpaired) electrons. The van der Waals surface area contributed by atoms with E-state index in [1.165, 1.54) is 0 Å². The van der Waals surface area contributed by atoms with Crippen LogP contribution in [0.1, 0.15) is 54.8 Å². The fourth-order valence-corrected chi connectivity index (χ4v) is 5.95. The van der Waals surface area contributed by atoms with Crippen molar-refractivity contribution in [3.8, 4) is 11.8 Å². The zero-order chi connectivity index (χ0) is 23.0. The average Bonchev–Trinajstić information content (AvgIpc) is 3.14. The number of carbonyl (C=O) groups is 1. The predicted octanol–water partition coefficient (Wildman–Crippen LogP) is 6.53. The quantitative estimate of drug-likeness (QED) is 0.493. The first kappa shape index (κ1) is 22.8. The minimum atomic E-state index is -0.803. The Kier molecular flexibility index (Phi) is 6.28. The van der Waals surface area contributed by atoms with Crippen LogP contribution >= 0.6 is 27.3 Å². The Morgan fingerprint density at radius 1 is 1.31 bits per heavy atom. The van der Waals surface area contributed by atoms with Crippen molar-refractivity contribution in [1.29, 1.82) is 10.7 Å². The zero-order valence-electron chi connectivity index (χ0n) is 18.3. The summed E-state index contributed by atoms with van der Waals surface area (Å²) >= 11 is 5.03. The van der Waals surface area contributed by atoms with Gasteiger partial charge < -0.3 is 9.47 Å². The van der Waals surface area contributed by atoms with E-state index in [2.05, 4.69) is 28.9 Å². The van der Waals surface area contributed by atoms with Crippen LogP contribution in [0.4, 0.5) is 0 Å². The third-order valence-electron chi connectivity index (χ3n) is 5.93. The van der Waals surface area contributed by atoms with E-state index in [0.29, 0.717) is 30.8 Å². The Hall–Kier alpha value is -2.43. The molecule has 1 aromatic heterocycles. The first-order valence-electron chi connectivity index (χ1n) is 10.6. The van der Waals surface area contributed by atoms with E-state index in [-0.39, 0.29) is 17.1 Å². The van der Waals surface area contributed by atoms with Crippen molar-refractivity contribution in [2.24, 2.45) is 11.3 Å². The molecule has 2 heterocycles. The molecule has 0 saturated carbocycles. The SMILES string of the molecule is CCc1sc(C2C3=C(CC(C)(C)CC3=O)OC(=N)C2C#N)cc1COc1ccc(Br)cc1. The van der Waals surface area contributed by atoms with Crippen molar-refractivity contribution in [3.63, 3.8) is 0 Å². The molecule has 1 aliphatic heterocycles. The maximum atomic E-state index is 13.2. The van der Waals surface area contributed by atoms with E-state index >= 15 is 0 Å². The van der Waals surface area contributed by atoms with Crippen molar-refractivity contribution >= 4 is 38.9 Å². The number of aryl methyl sites for hydroxylation is 1. The number of hydrogen-bond acceptors (Lipinski definition) is 6. The fraction of sp³-hybridized carbons (Fsp3) is 0.400. The second-order valence-electron chi connectivity index (χ2n) is 9.02. The highest BCUT2D eigenvalue weighted by molar-refractivity contribution is 9.10. The van der Waals surface area contributed by atoms with Crippen molar-refractivity contribution in [3.05, 3.63) is 61.5 Å². The summed E-state index contributed by atoms with van der Waals surface area (Å²) in [4.78, 5) is 15.2. The molecule has 2 atom stereocenters. The lowest BCUT2D eigenvalue weighted by atomic mass is 9.70. The summed E-state index contributed by atoms with van der Waals surface area (Å²) < 4.78 is 12.7. The number of nitriles is 1. The Labute approximate surface area is 200 Å². The van der Waals surface area contributed by atoms with E-state index in [1.807, 2.05) is 44.2 Å². The highest BCUT2D eigenvalue weighted by Crippen LogP contribution is 2.49. The normalized spacial score (nSPS) is 22.2. The molecule has 0 amide bonds. The van der Waals surface area contributed by atoms with Gasteiger partial charge in [0.1, 0.15) is 24.0 Å². The molecule has 0 saturated heterocycles. The van der Waals surface area contributed by atoms with Crippen molar-refractivity contribution in [1.82, 2.24) is 0 Å². The van der Waals surface area contributed by atoms with Gasteiger partial charge in [0, 0.05) is 44.1 Å². The number of thiophene rings is 1. The van der Waals surface area contributed by atoms with Crippen LogP contribution < -0.4 is 4.74 Å². The molecule has 0 fully saturated rings. The molecule has 4 rings (SSSR count). The molecule has 5 nitrogen and oxygen atoms in total. The second kappa shape index (κ2) is 8.84. The summed E-state index contributed by atoms with van der Waals surface area (Å²) in [6.45, 7) is 6.56. The third-order valence-corrected chi connectivity index (χ3v) is 7.86. The number of halogens is 1. The Balaban J connectivity index is 1.70. The fourth-order valence-electron chi connectivity index (χ4n) is 4.43. The predicted molar refractivity (Wildman–Crippen MR) is 128 cm³/mol. The van der Waals surface area contributed by atoms with Gasteiger partial charge in [0.15, 0.2) is 5.78 Å². The number of ether oxygens (including phenoxy) is 2. The first-order chi connectivity index (χ1) is 15.2. The molecule has 7 heteroatoms. The topological polar surface area (TPSA) is 83.2 Å². The number of benzene rings is 1. The van der Waals surface area contributed by atoms with Gasteiger partial charge in [-0.25, -0.2) is 0 Å². The molecule has 2 aromatic rings. The number of hydrogen-bond donors (Lipinski definition) is 1. The number of nitrogens with zero attached hydrogens (tertiary/aromatic N) is 1. The van der Waals surface area contributed by atoms with Gasteiger partial charge in [-0.3, -0.25) is 10.2 Å². The van der Waals surface area contributed by atoms with Crippen LogP contribution in [-0.2, 0) is 22.6 Å². The van der Waals surface area contributed by atoms with Crippen molar-refractivity contribution in [2.75, 3.05) is 0 Å². The van der Waals surface area contributed by atoms with Gasteiger partial charge in [-0.2, -0.15) is 5.26 Å². The molecule has 1 aromatic carbocycles. The molecule has 2 unspecified atom stereocenters. The number of Topliss-reactive ketones (excluding diaryl/α,β-unsaturated/α-hetero) is 1. The Bertz CT molecular complexity index is 1140. The highest BCUT2D eigenvalue weighted by Gasteiger charge is 2.46. The molecule has 32 heavy (non-hydrogen) atoms. The molecule has 1 N–H and O–H groups in total. The maximum absolute atomic E-state index is 13.2. The summed E-state index contributed by atoms with van der Waals surface area (Å²) in [6, 6.07) is 12.0. The lowest BCUT2D eigenvalue weighted by Gasteiger charge is -2.38. The zero-order valence-corrected chi connectivity index (χ0v) is 20.7. The summed E-state index contributed by atoms with van der Waals surface area (Å²) in [5, 5.41) is 18.2. The van der Waals surface area contributed by atoms with Crippen LogP contribution in [0.5, 0.6) is 5.75 Å². The van der Waals surface area contributed by atoms with E-state index in [0.717, 1.165) is 32.0 Å². The van der Waals surface area contributed by atoms with Crippen molar-refractivity contribution in [2.45, 2.75) is 52.6 Å². The largest absolute Gasteiger partial charge is 0.489 e.